The topological polar surface area (TPSA) is 53.7 Å². The van der Waals surface area contributed by atoms with E-state index in [1.807, 2.05) is 12.1 Å². The number of hydrogen-bond acceptors (Lipinski definition) is 2. The van der Waals surface area contributed by atoms with Gasteiger partial charge in [-0.2, -0.15) is 5.10 Å². The minimum atomic E-state index is 0.893. The maximum Gasteiger partial charge on any atom is 0.119 e. The predicted octanol–water partition coefficient (Wildman–Crippen LogP) is 4.33. The molecular weight excluding hydrogens is 298 g/mol. The summed E-state index contributed by atoms with van der Waals surface area (Å²) in [7, 11) is 1.71. The third-order valence-electron chi connectivity index (χ3n) is 4.90. The number of nitrogens with zero attached hydrogens (tertiary/aromatic N) is 1. The van der Waals surface area contributed by atoms with Crippen molar-refractivity contribution in [3.63, 3.8) is 0 Å². The standard InChI is InChI=1S/C20H17N3O/c1-24-13-7-10-17-16(11-13)14-8-9-15-18(12-5-3-2-4-6-12)22-23-20(15)19(14)21-17/h2-7,10-11,21H,8-9H2,1H3,(H,22,23). The van der Waals surface area contributed by atoms with Crippen LogP contribution < -0.4 is 4.74 Å². The van der Waals surface area contributed by atoms with Crippen molar-refractivity contribution in [1.82, 2.24) is 15.2 Å². The van der Waals surface area contributed by atoms with Gasteiger partial charge in [0.15, 0.2) is 0 Å². The summed E-state index contributed by atoms with van der Waals surface area (Å²) < 4.78 is 5.38. The van der Waals surface area contributed by atoms with E-state index in [9.17, 15) is 0 Å². The summed E-state index contributed by atoms with van der Waals surface area (Å²) >= 11 is 0. The van der Waals surface area contributed by atoms with Gasteiger partial charge in [-0.1, -0.05) is 30.3 Å². The quantitative estimate of drug-likeness (QED) is 0.578. The van der Waals surface area contributed by atoms with E-state index in [2.05, 4.69) is 51.6 Å². The molecule has 1 aliphatic carbocycles. The van der Waals surface area contributed by atoms with Crippen LogP contribution in [-0.2, 0) is 12.8 Å². The summed E-state index contributed by atoms with van der Waals surface area (Å²) in [5.74, 6) is 0.893. The average Bonchev–Trinajstić information content (AvgIpc) is 3.23. The third kappa shape index (κ3) is 1.83. The molecule has 0 saturated carbocycles. The van der Waals surface area contributed by atoms with Crippen LogP contribution in [0.2, 0.25) is 0 Å². The van der Waals surface area contributed by atoms with Crippen LogP contribution in [0.3, 0.4) is 0 Å². The molecule has 0 spiro atoms. The van der Waals surface area contributed by atoms with E-state index < -0.39 is 0 Å². The lowest BCUT2D eigenvalue weighted by Gasteiger charge is -2.13. The van der Waals surface area contributed by atoms with Crippen LogP contribution in [-0.4, -0.2) is 22.3 Å². The number of H-pyrrole nitrogens is 2. The Morgan fingerprint density at radius 1 is 0.958 bits per heavy atom. The number of hydrogen-bond donors (Lipinski definition) is 2. The summed E-state index contributed by atoms with van der Waals surface area (Å²) in [4.78, 5) is 3.56. The lowest BCUT2D eigenvalue weighted by atomic mass is 9.91. The smallest absolute Gasteiger partial charge is 0.119 e. The summed E-state index contributed by atoms with van der Waals surface area (Å²) in [6, 6.07) is 16.6. The predicted molar refractivity (Wildman–Crippen MR) is 95.3 cm³/mol. The molecule has 2 N–H and O–H groups in total. The first-order chi connectivity index (χ1) is 11.8. The molecule has 1 aliphatic rings. The molecule has 2 heterocycles. The van der Waals surface area contributed by atoms with Crippen molar-refractivity contribution in [1.29, 1.82) is 0 Å². The molecule has 2 aromatic heterocycles. The van der Waals surface area contributed by atoms with E-state index >= 15 is 0 Å². The van der Waals surface area contributed by atoms with E-state index in [1.54, 1.807) is 7.11 Å². The van der Waals surface area contributed by atoms with Crippen LogP contribution in [0.5, 0.6) is 5.75 Å². The fourth-order valence-electron chi connectivity index (χ4n) is 3.73. The molecule has 24 heavy (non-hydrogen) atoms. The van der Waals surface area contributed by atoms with Gasteiger partial charge in [-0.25, -0.2) is 0 Å². The number of aryl methyl sites for hydroxylation is 1. The molecule has 0 saturated heterocycles. The lowest BCUT2D eigenvalue weighted by Crippen LogP contribution is -2.02. The maximum atomic E-state index is 5.38. The first-order valence-electron chi connectivity index (χ1n) is 8.17. The van der Waals surface area contributed by atoms with Gasteiger partial charge >= 0.3 is 0 Å². The van der Waals surface area contributed by atoms with Crippen molar-refractivity contribution in [2.45, 2.75) is 12.8 Å². The first-order valence-corrected chi connectivity index (χ1v) is 8.17. The van der Waals surface area contributed by atoms with Gasteiger partial charge in [-0.05, 0) is 36.6 Å². The molecule has 2 aromatic carbocycles. The molecule has 0 amide bonds. The highest BCUT2D eigenvalue weighted by atomic mass is 16.5. The van der Waals surface area contributed by atoms with Gasteiger partial charge in [0.05, 0.1) is 24.2 Å². The second kappa shape index (κ2) is 4.99. The zero-order chi connectivity index (χ0) is 16.1. The Bertz CT molecular complexity index is 1040. The van der Waals surface area contributed by atoms with Gasteiger partial charge in [0.25, 0.3) is 0 Å². The van der Waals surface area contributed by atoms with Gasteiger partial charge in [0.1, 0.15) is 5.75 Å². The van der Waals surface area contributed by atoms with E-state index in [4.69, 9.17) is 4.74 Å². The van der Waals surface area contributed by atoms with Crippen molar-refractivity contribution in [3.8, 4) is 28.4 Å². The number of benzene rings is 2. The van der Waals surface area contributed by atoms with Crippen molar-refractivity contribution >= 4 is 10.9 Å². The second-order valence-electron chi connectivity index (χ2n) is 6.18. The lowest BCUT2D eigenvalue weighted by molar-refractivity contribution is 0.415. The van der Waals surface area contributed by atoms with Gasteiger partial charge in [0.2, 0.25) is 0 Å². The van der Waals surface area contributed by atoms with Gasteiger partial charge in [-0.15, -0.1) is 0 Å². The highest BCUT2D eigenvalue weighted by Gasteiger charge is 2.25. The fraction of sp³-hybridized carbons (Fsp3) is 0.150. The fourth-order valence-corrected chi connectivity index (χ4v) is 3.73. The minimum Gasteiger partial charge on any atom is -0.497 e. The average molecular weight is 315 g/mol. The van der Waals surface area contributed by atoms with Gasteiger partial charge in [0, 0.05) is 22.0 Å². The molecule has 0 unspecified atom stereocenters. The van der Waals surface area contributed by atoms with Gasteiger partial charge in [-0.3, -0.25) is 5.10 Å². The number of aromatic amines is 2. The van der Waals surface area contributed by atoms with Crippen molar-refractivity contribution in [2.75, 3.05) is 7.11 Å². The number of aromatic nitrogens is 3. The van der Waals surface area contributed by atoms with E-state index in [0.29, 0.717) is 0 Å². The Hall–Kier alpha value is -3.01. The SMILES string of the molecule is COc1ccc2[nH]c3c(c2c1)CCc1c(-c2ccccc2)n[nH]c1-3. The van der Waals surface area contributed by atoms with Crippen LogP contribution in [0.1, 0.15) is 11.1 Å². The Labute approximate surface area is 139 Å². The molecule has 118 valence electrons. The highest BCUT2D eigenvalue weighted by Crippen LogP contribution is 2.40. The number of nitrogens with one attached hydrogen (secondary N) is 2. The number of rotatable bonds is 2. The van der Waals surface area contributed by atoms with Crippen molar-refractivity contribution in [2.24, 2.45) is 0 Å². The monoisotopic (exact) mass is 315 g/mol. The molecule has 5 rings (SSSR count). The van der Waals surface area contributed by atoms with E-state index in [-0.39, 0.29) is 0 Å². The van der Waals surface area contributed by atoms with Gasteiger partial charge < -0.3 is 9.72 Å². The number of fused-ring (bicyclic) bond motifs is 5. The molecule has 0 radical (unpaired) electrons. The van der Waals surface area contributed by atoms with Crippen LogP contribution in [0.25, 0.3) is 33.5 Å². The Kier molecular flexibility index (Phi) is 2.80. The van der Waals surface area contributed by atoms with Crippen LogP contribution in [0, 0.1) is 0 Å². The molecule has 4 heteroatoms. The van der Waals surface area contributed by atoms with Crippen molar-refractivity contribution in [3.05, 3.63) is 59.7 Å². The molecule has 0 atom stereocenters. The number of ether oxygens (including phenoxy) is 1. The maximum absolute atomic E-state index is 5.38. The third-order valence-corrected chi connectivity index (χ3v) is 4.90. The zero-order valence-electron chi connectivity index (χ0n) is 13.4. The molecular formula is C20H17N3O. The Balaban J connectivity index is 1.71. The molecule has 0 fully saturated rings. The van der Waals surface area contributed by atoms with Crippen LogP contribution in [0.15, 0.2) is 48.5 Å². The minimum absolute atomic E-state index is 0.893. The van der Waals surface area contributed by atoms with Crippen LogP contribution in [0.4, 0.5) is 0 Å². The molecule has 0 aliphatic heterocycles. The van der Waals surface area contributed by atoms with Crippen molar-refractivity contribution < 1.29 is 4.74 Å². The molecule has 4 aromatic rings. The van der Waals surface area contributed by atoms with E-state index in [1.165, 1.54) is 16.5 Å². The summed E-state index contributed by atoms with van der Waals surface area (Å²) in [6.07, 6.45) is 2.00. The van der Waals surface area contributed by atoms with Crippen LogP contribution >= 0.6 is 0 Å². The summed E-state index contributed by atoms with van der Waals surface area (Å²) in [5.41, 5.74) is 8.29. The molecule has 4 nitrogen and oxygen atoms in total. The molecule has 0 bridgehead atoms. The van der Waals surface area contributed by atoms with E-state index in [0.717, 1.165) is 46.8 Å². The Morgan fingerprint density at radius 2 is 1.79 bits per heavy atom. The summed E-state index contributed by atoms with van der Waals surface area (Å²) in [6.45, 7) is 0. The largest absolute Gasteiger partial charge is 0.497 e. The summed E-state index contributed by atoms with van der Waals surface area (Å²) in [5, 5.41) is 9.10. The zero-order valence-corrected chi connectivity index (χ0v) is 13.4. The first kappa shape index (κ1) is 13.4. The Morgan fingerprint density at radius 3 is 2.62 bits per heavy atom. The highest BCUT2D eigenvalue weighted by molar-refractivity contribution is 5.93. The second-order valence-corrected chi connectivity index (χ2v) is 6.18. The number of methoxy groups -OCH3 is 1. The normalized spacial score (nSPS) is 12.9.